The Kier molecular flexibility index (Phi) is 8.96. The summed E-state index contributed by atoms with van der Waals surface area (Å²) in [6.07, 6.45) is 0. The van der Waals surface area contributed by atoms with Gasteiger partial charge in [0.2, 0.25) is 0 Å². The fourth-order valence-corrected chi connectivity index (χ4v) is 2.62. The quantitative estimate of drug-likeness (QED) is 0.342. The number of hydrogen-bond donors (Lipinski definition) is 4. The molecule has 11 heteroatoms. The molecule has 32 heavy (non-hydrogen) atoms. The second-order valence-electron chi connectivity index (χ2n) is 7.09. The molecule has 0 saturated carbocycles. The van der Waals surface area contributed by atoms with Crippen molar-refractivity contribution in [1.29, 1.82) is 0 Å². The molecule has 0 aliphatic rings. The molecule has 1 atom stereocenters. The first kappa shape index (κ1) is 24.1. The number of amides is 4. The van der Waals surface area contributed by atoms with Crippen LogP contribution in [0, 0.1) is 16.0 Å². The average molecular weight is 443 g/mol. The Balaban J connectivity index is 1.81. The van der Waals surface area contributed by atoms with Crippen molar-refractivity contribution in [3.05, 3.63) is 70.3 Å². The van der Waals surface area contributed by atoms with Gasteiger partial charge in [-0.25, -0.2) is 4.79 Å². The van der Waals surface area contributed by atoms with Crippen LogP contribution in [0.5, 0.6) is 5.75 Å². The van der Waals surface area contributed by atoms with Crippen LogP contribution in [0.15, 0.2) is 54.6 Å². The summed E-state index contributed by atoms with van der Waals surface area (Å²) < 4.78 is 5.15. The molecule has 170 valence electrons. The van der Waals surface area contributed by atoms with E-state index in [4.69, 9.17) is 4.74 Å². The Morgan fingerprint density at radius 3 is 2.31 bits per heavy atom. The van der Waals surface area contributed by atoms with Gasteiger partial charge in [0.1, 0.15) is 6.04 Å². The molecule has 2 aromatic rings. The van der Waals surface area contributed by atoms with E-state index in [1.807, 2.05) is 30.3 Å². The van der Waals surface area contributed by atoms with Crippen molar-refractivity contribution < 1.29 is 24.0 Å². The fraction of sp³-hybridized carbons (Fsp3) is 0.286. The van der Waals surface area contributed by atoms with E-state index in [-0.39, 0.29) is 17.4 Å². The summed E-state index contributed by atoms with van der Waals surface area (Å²) in [5, 5.41) is 16.2. The SMILES string of the molecule is CC(C)C(NC(=O)NCc1ccccc1)C(=O)NNC(=O)COc1ccccc1[N+](=O)[O-]. The van der Waals surface area contributed by atoms with Crippen LogP contribution < -0.4 is 26.2 Å². The van der Waals surface area contributed by atoms with E-state index in [1.165, 1.54) is 24.3 Å². The smallest absolute Gasteiger partial charge is 0.315 e. The highest BCUT2D eigenvalue weighted by atomic mass is 16.6. The average Bonchev–Trinajstić information content (AvgIpc) is 2.78. The molecule has 0 saturated heterocycles. The lowest BCUT2D eigenvalue weighted by molar-refractivity contribution is -0.385. The van der Waals surface area contributed by atoms with Gasteiger partial charge in [0.05, 0.1) is 4.92 Å². The van der Waals surface area contributed by atoms with Gasteiger partial charge in [0.25, 0.3) is 11.8 Å². The summed E-state index contributed by atoms with van der Waals surface area (Å²) in [5.41, 5.74) is 5.00. The predicted molar refractivity (Wildman–Crippen MR) is 115 cm³/mol. The number of hydrogen-bond acceptors (Lipinski definition) is 6. The highest BCUT2D eigenvalue weighted by molar-refractivity contribution is 5.89. The minimum atomic E-state index is -0.915. The molecule has 11 nitrogen and oxygen atoms in total. The molecule has 0 fully saturated rings. The van der Waals surface area contributed by atoms with Crippen LogP contribution in [0.4, 0.5) is 10.5 Å². The van der Waals surface area contributed by atoms with E-state index in [0.717, 1.165) is 5.56 Å². The van der Waals surface area contributed by atoms with Gasteiger partial charge in [-0.1, -0.05) is 56.3 Å². The molecular formula is C21H25N5O6. The zero-order valence-corrected chi connectivity index (χ0v) is 17.7. The molecule has 0 radical (unpaired) electrons. The molecule has 0 aromatic heterocycles. The van der Waals surface area contributed by atoms with Crippen LogP contribution in [0.2, 0.25) is 0 Å². The number of nitrogens with zero attached hydrogens (tertiary/aromatic N) is 1. The number of hydrazine groups is 1. The molecule has 0 bridgehead atoms. The summed E-state index contributed by atoms with van der Waals surface area (Å²) in [6, 6.07) is 13.4. The maximum Gasteiger partial charge on any atom is 0.315 e. The Bertz CT molecular complexity index is 951. The zero-order valence-electron chi connectivity index (χ0n) is 17.7. The first-order valence-corrected chi connectivity index (χ1v) is 9.81. The van der Waals surface area contributed by atoms with Gasteiger partial charge in [-0.15, -0.1) is 0 Å². The highest BCUT2D eigenvalue weighted by Gasteiger charge is 2.24. The van der Waals surface area contributed by atoms with E-state index >= 15 is 0 Å². The molecule has 2 rings (SSSR count). The van der Waals surface area contributed by atoms with Gasteiger partial charge in [0, 0.05) is 12.6 Å². The third kappa shape index (κ3) is 7.59. The zero-order chi connectivity index (χ0) is 23.5. The van der Waals surface area contributed by atoms with Gasteiger partial charge in [-0.2, -0.15) is 0 Å². The summed E-state index contributed by atoms with van der Waals surface area (Å²) in [5.74, 6) is -1.70. The van der Waals surface area contributed by atoms with Gasteiger partial charge in [-0.3, -0.25) is 30.6 Å². The van der Waals surface area contributed by atoms with Crippen LogP contribution in [0.3, 0.4) is 0 Å². The van der Waals surface area contributed by atoms with Gasteiger partial charge in [-0.05, 0) is 17.5 Å². The van der Waals surface area contributed by atoms with E-state index in [2.05, 4.69) is 21.5 Å². The number of nitro groups is 1. The summed E-state index contributed by atoms with van der Waals surface area (Å²) in [6.45, 7) is 3.21. The van der Waals surface area contributed by atoms with E-state index < -0.39 is 35.4 Å². The number of carbonyl (C=O) groups is 3. The molecule has 4 amide bonds. The number of ether oxygens (including phenoxy) is 1. The third-order valence-corrected chi connectivity index (χ3v) is 4.28. The van der Waals surface area contributed by atoms with E-state index in [0.29, 0.717) is 6.54 Å². The number of nitro benzene ring substituents is 1. The maximum absolute atomic E-state index is 12.4. The summed E-state index contributed by atoms with van der Waals surface area (Å²) >= 11 is 0. The lowest BCUT2D eigenvalue weighted by Crippen LogP contribution is -2.56. The second-order valence-corrected chi connectivity index (χ2v) is 7.09. The molecule has 2 aromatic carbocycles. The van der Waals surface area contributed by atoms with Crippen molar-refractivity contribution >= 4 is 23.5 Å². The van der Waals surface area contributed by atoms with Crippen LogP contribution in [-0.4, -0.2) is 35.4 Å². The minimum absolute atomic E-state index is 0.0733. The van der Waals surface area contributed by atoms with Crippen molar-refractivity contribution in [3.63, 3.8) is 0 Å². The molecular weight excluding hydrogens is 418 g/mol. The molecule has 1 unspecified atom stereocenters. The Morgan fingerprint density at radius 1 is 1.00 bits per heavy atom. The number of benzene rings is 2. The number of urea groups is 1. The minimum Gasteiger partial charge on any atom is -0.477 e. The number of carbonyl (C=O) groups excluding carboxylic acids is 3. The highest BCUT2D eigenvalue weighted by Crippen LogP contribution is 2.25. The second kappa shape index (κ2) is 11.9. The largest absolute Gasteiger partial charge is 0.477 e. The third-order valence-electron chi connectivity index (χ3n) is 4.28. The predicted octanol–water partition coefficient (Wildman–Crippen LogP) is 1.65. The van der Waals surface area contributed by atoms with Crippen LogP contribution >= 0.6 is 0 Å². The fourth-order valence-electron chi connectivity index (χ4n) is 2.62. The van der Waals surface area contributed by atoms with Gasteiger partial charge >= 0.3 is 11.7 Å². The molecule has 4 N–H and O–H groups in total. The van der Waals surface area contributed by atoms with Crippen molar-refractivity contribution in [3.8, 4) is 5.75 Å². The maximum atomic E-state index is 12.4. The standard InChI is InChI=1S/C21H25N5O6/c1-14(2)19(23-21(29)22-12-15-8-4-3-5-9-15)20(28)25-24-18(27)13-32-17-11-7-6-10-16(17)26(30)31/h3-11,14,19H,12-13H2,1-2H3,(H,24,27)(H,25,28)(H2,22,23,29). The Hall–Kier alpha value is -4.15. The number of para-hydroxylation sites is 2. The van der Waals surface area contributed by atoms with E-state index in [9.17, 15) is 24.5 Å². The van der Waals surface area contributed by atoms with Crippen molar-refractivity contribution in [1.82, 2.24) is 21.5 Å². The lowest BCUT2D eigenvalue weighted by atomic mass is 10.0. The normalized spacial score (nSPS) is 11.2. The first-order valence-electron chi connectivity index (χ1n) is 9.81. The molecule has 0 aliphatic carbocycles. The monoisotopic (exact) mass is 443 g/mol. The topological polar surface area (TPSA) is 152 Å². The van der Waals surface area contributed by atoms with Crippen LogP contribution in [0.1, 0.15) is 19.4 Å². The van der Waals surface area contributed by atoms with Gasteiger partial charge < -0.3 is 15.4 Å². The van der Waals surface area contributed by atoms with Crippen molar-refractivity contribution in [2.75, 3.05) is 6.61 Å². The first-order chi connectivity index (χ1) is 15.3. The number of rotatable bonds is 9. The molecule has 0 heterocycles. The molecule has 0 spiro atoms. The summed E-state index contributed by atoms with van der Waals surface area (Å²) in [4.78, 5) is 46.9. The van der Waals surface area contributed by atoms with Crippen molar-refractivity contribution in [2.45, 2.75) is 26.4 Å². The van der Waals surface area contributed by atoms with Gasteiger partial charge in [0.15, 0.2) is 12.4 Å². The number of nitrogens with one attached hydrogen (secondary N) is 4. The Labute approximate surface area is 184 Å². The summed E-state index contributed by atoms with van der Waals surface area (Å²) in [7, 11) is 0. The molecule has 0 aliphatic heterocycles. The van der Waals surface area contributed by atoms with Crippen molar-refractivity contribution in [2.24, 2.45) is 5.92 Å². The van der Waals surface area contributed by atoms with E-state index in [1.54, 1.807) is 13.8 Å². The lowest BCUT2D eigenvalue weighted by Gasteiger charge is -2.22. The van der Waals surface area contributed by atoms with Crippen LogP contribution in [-0.2, 0) is 16.1 Å². The Morgan fingerprint density at radius 2 is 1.66 bits per heavy atom. The van der Waals surface area contributed by atoms with Crippen LogP contribution in [0.25, 0.3) is 0 Å².